The molecule has 0 saturated carbocycles. The average molecular weight is 146 g/mol. The van der Waals surface area contributed by atoms with Crippen molar-refractivity contribution in [3.63, 3.8) is 0 Å². The summed E-state index contributed by atoms with van der Waals surface area (Å²) in [5.74, 6) is 0. The summed E-state index contributed by atoms with van der Waals surface area (Å²) in [5.41, 5.74) is 0. The predicted octanol–water partition coefficient (Wildman–Crippen LogP) is 3.40. The molecule has 0 bridgehead atoms. The zero-order valence-corrected chi connectivity index (χ0v) is 6.74. The second-order valence-corrected chi connectivity index (χ2v) is 2.53. The van der Waals surface area contributed by atoms with Crippen molar-refractivity contribution in [1.29, 1.82) is 0 Å². The molecule has 0 aromatic carbocycles. The minimum absolute atomic E-state index is 1.04. The molecule has 0 nitrogen and oxygen atoms in total. The van der Waals surface area contributed by atoms with Gasteiger partial charge in [-0.2, -0.15) is 0 Å². The third kappa shape index (κ3) is 4.38. The number of hydrogen-bond acceptors (Lipinski definition) is 0. The lowest BCUT2D eigenvalue weighted by atomic mass is 10.2. The van der Waals surface area contributed by atoms with Gasteiger partial charge in [-0.05, 0) is 19.3 Å². The molecular formula is C11H14. The molecule has 0 spiro atoms. The second-order valence-electron chi connectivity index (χ2n) is 2.53. The fourth-order valence-electron chi connectivity index (χ4n) is 0.935. The summed E-state index contributed by atoms with van der Waals surface area (Å²) in [7, 11) is 0. The van der Waals surface area contributed by atoms with Crippen molar-refractivity contribution in [2.24, 2.45) is 0 Å². The first-order valence-corrected chi connectivity index (χ1v) is 4.13. The van der Waals surface area contributed by atoms with Gasteiger partial charge in [0.15, 0.2) is 0 Å². The molecule has 0 aromatic rings. The van der Waals surface area contributed by atoms with Crippen molar-refractivity contribution in [1.82, 2.24) is 0 Å². The van der Waals surface area contributed by atoms with Gasteiger partial charge in [0.05, 0.1) is 0 Å². The molecular weight excluding hydrogens is 132 g/mol. The quantitative estimate of drug-likeness (QED) is 0.491. The highest BCUT2D eigenvalue weighted by Gasteiger charge is 1.76. The molecule has 0 amide bonds. The first-order valence-electron chi connectivity index (χ1n) is 4.13. The topological polar surface area (TPSA) is 0 Å². The Kier molecular flexibility index (Phi) is 4.19. The van der Waals surface area contributed by atoms with Crippen LogP contribution in [-0.4, -0.2) is 0 Å². The third-order valence-electron chi connectivity index (χ3n) is 1.54. The summed E-state index contributed by atoms with van der Waals surface area (Å²) >= 11 is 0. The first kappa shape index (κ1) is 8.06. The summed E-state index contributed by atoms with van der Waals surface area (Å²) in [6, 6.07) is 0. The molecule has 0 unspecified atom stereocenters. The van der Waals surface area contributed by atoms with Gasteiger partial charge in [-0.3, -0.25) is 0 Å². The van der Waals surface area contributed by atoms with E-state index in [1.165, 1.54) is 0 Å². The van der Waals surface area contributed by atoms with Gasteiger partial charge >= 0.3 is 0 Å². The fraction of sp³-hybridized carbons (Fsp3) is 0.273. The summed E-state index contributed by atoms with van der Waals surface area (Å²) in [6.07, 6.45) is 20.5. The van der Waals surface area contributed by atoms with Crippen molar-refractivity contribution in [2.45, 2.75) is 19.3 Å². The number of rotatable bonds is 0. The lowest BCUT2D eigenvalue weighted by molar-refractivity contribution is 1.05. The maximum absolute atomic E-state index is 2.20. The molecule has 0 heterocycles. The van der Waals surface area contributed by atoms with E-state index in [9.17, 15) is 0 Å². The third-order valence-corrected chi connectivity index (χ3v) is 1.54. The standard InChI is InChI=1S/C11H14/c1-2-4-6-8-10-11-9-7-5-3-1/h1-4,7,9-11H,5-6,8H2/b3-1-,4-2+,9-7+,11-10?. The Morgan fingerprint density at radius 3 is 1.55 bits per heavy atom. The Labute approximate surface area is 68.6 Å². The number of allylic oxidation sites excluding steroid dienone is 8. The summed E-state index contributed by atoms with van der Waals surface area (Å²) in [6.45, 7) is 0. The monoisotopic (exact) mass is 146 g/mol. The molecule has 0 N–H and O–H groups in total. The van der Waals surface area contributed by atoms with E-state index in [1.54, 1.807) is 0 Å². The molecule has 0 atom stereocenters. The van der Waals surface area contributed by atoms with Crippen LogP contribution in [0.4, 0.5) is 0 Å². The SMILES string of the molecule is C1=CCC/C=C/C=C\C/C=C/1. The van der Waals surface area contributed by atoms with Gasteiger partial charge in [0.25, 0.3) is 0 Å². The average Bonchev–Trinajstić information content (AvgIpc) is 2.08. The Morgan fingerprint density at radius 2 is 1.00 bits per heavy atom. The van der Waals surface area contributed by atoms with Crippen LogP contribution in [-0.2, 0) is 0 Å². The summed E-state index contributed by atoms with van der Waals surface area (Å²) in [5, 5.41) is 0. The normalized spacial score (nSPS) is 26.9. The predicted molar refractivity (Wildman–Crippen MR) is 50.4 cm³/mol. The van der Waals surface area contributed by atoms with Gasteiger partial charge < -0.3 is 0 Å². The molecule has 0 radical (unpaired) electrons. The largest absolute Gasteiger partial charge is 0.0842 e. The highest BCUT2D eigenvalue weighted by atomic mass is 13.8. The zero-order valence-electron chi connectivity index (χ0n) is 6.74. The zero-order chi connectivity index (χ0) is 7.78. The van der Waals surface area contributed by atoms with Crippen LogP contribution in [0.5, 0.6) is 0 Å². The summed E-state index contributed by atoms with van der Waals surface area (Å²) in [4.78, 5) is 0. The second kappa shape index (κ2) is 5.72. The van der Waals surface area contributed by atoms with Crippen LogP contribution in [0.25, 0.3) is 0 Å². The minimum atomic E-state index is 1.04. The van der Waals surface area contributed by atoms with E-state index >= 15 is 0 Å². The molecule has 1 aliphatic carbocycles. The minimum Gasteiger partial charge on any atom is -0.0842 e. The van der Waals surface area contributed by atoms with Gasteiger partial charge in [0.2, 0.25) is 0 Å². The van der Waals surface area contributed by atoms with Crippen LogP contribution in [0.15, 0.2) is 48.6 Å². The van der Waals surface area contributed by atoms with E-state index in [0.29, 0.717) is 0 Å². The maximum atomic E-state index is 2.20. The fourth-order valence-corrected chi connectivity index (χ4v) is 0.935. The van der Waals surface area contributed by atoms with E-state index in [0.717, 1.165) is 19.3 Å². The van der Waals surface area contributed by atoms with Crippen LogP contribution in [0.1, 0.15) is 19.3 Å². The van der Waals surface area contributed by atoms with Gasteiger partial charge in [-0.1, -0.05) is 48.6 Å². The highest BCUT2D eigenvalue weighted by molar-refractivity contribution is 5.10. The molecule has 11 heavy (non-hydrogen) atoms. The Morgan fingerprint density at radius 1 is 0.545 bits per heavy atom. The Hall–Kier alpha value is -1.04. The molecule has 1 aliphatic rings. The van der Waals surface area contributed by atoms with E-state index in [4.69, 9.17) is 0 Å². The van der Waals surface area contributed by atoms with Crippen molar-refractivity contribution >= 4 is 0 Å². The van der Waals surface area contributed by atoms with E-state index < -0.39 is 0 Å². The van der Waals surface area contributed by atoms with Gasteiger partial charge in [-0.15, -0.1) is 0 Å². The lowest BCUT2D eigenvalue weighted by Gasteiger charge is -1.82. The Balaban J connectivity index is 2.47. The molecule has 0 aromatic heterocycles. The van der Waals surface area contributed by atoms with Crippen LogP contribution >= 0.6 is 0 Å². The lowest BCUT2D eigenvalue weighted by Crippen LogP contribution is -1.61. The Bertz CT molecular complexity index is 170. The van der Waals surface area contributed by atoms with Crippen molar-refractivity contribution in [3.05, 3.63) is 48.6 Å². The maximum Gasteiger partial charge on any atom is -0.0163 e. The smallest absolute Gasteiger partial charge is 0.0163 e. The van der Waals surface area contributed by atoms with Crippen molar-refractivity contribution in [3.8, 4) is 0 Å². The van der Waals surface area contributed by atoms with Crippen molar-refractivity contribution < 1.29 is 0 Å². The van der Waals surface area contributed by atoms with Crippen LogP contribution < -0.4 is 0 Å². The highest BCUT2D eigenvalue weighted by Crippen LogP contribution is 1.96. The molecule has 1 rings (SSSR count). The van der Waals surface area contributed by atoms with Crippen LogP contribution in [0.3, 0.4) is 0 Å². The van der Waals surface area contributed by atoms with Gasteiger partial charge in [-0.25, -0.2) is 0 Å². The van der Waals surface area contributed by atoms with Gasteiger partial charge in [0, 0.05) is 0 Å². The molecule has 0 aliphatic heterocycles. The molecule has 0 saturated heterocycles. The van der Waals surface area contributed by atoms with Crippen LogP contribution in [0.2, 0.25) is 0 Å². The molecule has 0 fully saturated rings. The van der Waals surface area contributed by atoms with E-state index in [-0.39, 0.29) is 0 Å². The van der Waals surface area contributed by atoms with Crippen molar-refractivity contribution in [2.75, 3.05) is 0 Å². The molecule has 0 heteroatoms. The molecule has 58 valence electrons. The number of hydrogen-bond donors (Lipinski definition) is 0. The summed E-state index contributed by atoms with van der Waals surface area (Å²) < 4.78 is 0. The van der Waals surface area contributed by atoms with E-state index in [1.807, 2.05) is 0 Å². The van der Waals surface area contributed by atoms with E-state index in [2.05, 4.69) is 48.6 Å². The van der Waals surface area contributed by atoms with Crippen LogP contribution in [0, 0.1) is 0 Å². The first-order chi connectivity index (χ1) is 5.50. The van der Waals surface area contributed by atoms with Gasteiger partial charge in [0.1, 0.15) is 0 Å².